The zero-order chi connectivity index (χ0) is 20.2. The van der Waals surface area contributed by atoms with Gasteiger partial charge in [-0.05, 0) is 55.0 Å². The molecule has 7 heteroatoms. The average molecular weight is 385 g/mol. The fourth-order valence-corrected chi connectivity index (χ4v) is 3.48. The second-order valence-corrected chi connectivity index (χ2v) is 6.89. The number of aromatic nitrogens is 3. The summed E-state index contributed by atoms with van der Waals surface area (Å²) < 4.78 is 0.772. The summed E-state index contributed by atoms with van der Waals surface area (Å²) in [6, 6.07) is 11.2. The van der Waals surface area contributed by atoms with E-state index in [9.17, 15) is 10.0 Å². The summed E-state index contributed by atoms with van der Waals surface area (Å²) in [4.78, 5) is 19.3. The van der Waals surface area contributed by atoms with Gasteiger partial charge in [0, 0.05) is 29.1 Å². The molecule has 0 aliphatic heterocycles. The molecule has 2 heterocycles. The largest absolute Gasteiger partial charge is 0.619 e. The highest BCUT2D eigenvalue weighted by Crippen LogP contribution is 2.34. The molecule has 0 radical (unpaired) electrons. The van der Waals surface area contributed by atoms with E-state index >= 15 is 0 Å². The highest BCUT2D eigenvalue weighted by molar-refractivity contribution is 6.03. The van der Waals surface area contributed by atoms with Gasteiger partial charge in [-0.1, -0.05) is 12.1 Å². The van der Waals surface area contributed by atoms with Crippen molar-refractivity contribution in [2.45, 2.75) is 25.7 Å². The molecule has 0 fully saturated rings. The Morgan fingerprint density at radius 3 is 2.90 bits per heavy atom. The van der Waals surface area contributed by atoms with Crippen LogP contribution in [0.3, 0.4) is 0 Å². The number of benzene rings is 1. The molecule has 0 atom stereocenters. The molecule has 0 saturated heterocycles. The highest BCUT2D eigenvalue weighted by atomic mass is 16.5. The van der Waals surface area contributed by atoms with Gasteiger partial charge in [0.2, 0.25) is 0 Å². The molecule has 2 N–H and O–H groups in total. The summed E-state index contributed by atoms with van der Waals surface area (Å²) in [5, 5.41) is 23.5. The topological polar surface area (TPSA) is 109 Å². The molecule has 29 heavy (non-hydrogen) atoms. The van der Waals surface area contributed by atoms with Gasteiger partial charge in [0.1, 0.15) is 6.07 Å². The molecule has 1 amide bonds. The van der Waals surface area contributed by atoms with Crippen LogP contribution in [0, 0.1) is 16.5 Å². The average Bonchev–Trinajstić information content (AvgIpc) is 3.24. The van der Waals surface area contributed by atoms with Crippen molar-refractivity contribution in [3.8, 4) is 17.2 Å². The monoisotopic (exact) mass is 385 g/mol. The Morgan fingerprint density at radius 1 is 1.28 bits per heavy atom. The van der Waals surface area contributed by atoms with Crippen molar-refractivity contribution >= 4 is 17.2 Å². The lowest BCUT2D eigenvalue weighted by Crippen LogP contribution is -2.23. The molecule has 0 unspecified atom stereocenters. The molecule has 3 aromatic rings. The van der Waals surface area contributed by atoms with Crippen LogP contribution in [-0.2, 0) is 0 Å². The quantitative estimate of drug-likeness (QED) is 0.526. The number of carbonyl (C=O) groups excluding carboxylic acids is 1. The number of anilines is 1. The number of carbonyl (C=O) groups is 1. The maximum absolute atomic E-state index is 12.6. The number of amides is 1. The number of nitrogens with zero attached hydrogens (tertiary/aromatic N) is 3. The van der Waals surface area contributed by atoms with Crippen LogP contribution < -0.4 is 10.0 Å². The van der Waals surface area contributed by atoms with Crippen LogP contribution in [0.2, 0.25) is 0 Å². The molecule has 1 aromatic carbocycles. The summed E-state index contributed by atoms with van der Waals surface area (Å²) in [6.45, 7) is 0. The predicted octanol–water partition coefficient (Wildman–Crippen LogP) is 3.79. The van der Waals surface area contributed by atoms with Crippen LogP contribution >= 0.6 is 0 Å². The number of nitrogens with one attached hydrogen (secondary N) is 2. The number of nitriles is 1. The minimum atomic E-state index is -0.408. The smallest absolute Gasteiger partial charge is 0.291 e. The highest BCUT2D eigenvalue weighted by Gasteiger charge is 2.17. The third kappa shape index (κ3) is 4.01. The molecular formula is C22H19N5O2. The summed E-state index contributed by atoms with van der Waals surface area (Å²) in [5.41, 5.74) is 4.66. The van der Waals surface area contributed by atoms with Crippen LogP contribution in [0.4, 0.5) is 5.69 Å². The van der Waals surface area contributed by atoms with Crippen molar-refractivity contribution in [3.63, 3.8) is 0 Å². The molecule has 1 aliphatic rings. The second-order valence-electron chi connectivity index (χ2n) is 6.89. The van der Waals surface area contributed by atoms with E-state index in [1.54, 1.807) is 6.07 Å². The van der Waals surface area contributed by atoms with Crippen LogP contribution in [-0.4, -0.2) is 15.9 Å². The fraction of sp³-hybridized carbons (Fsp3) is 0.182. The van der Waals surface area contributed by atoms with E-state index in [2.05, 4.69) is 21.4 Å². The van der Waals surface area contributed by atoms with E-state index in [1.165, 1.54) is 24.2 Å². The molecule has 0 bridgehead atoms. The maximum Gasteiger partial charge on any atom is 0.291 e. The normalized spacial score (nSPS) is 13.4. The first kappa shape index (κ1) is 18.4. The number of rotatable bonds is 4. The minimum Gasteiger partial charge on any atom is -0.619 e. The van der Waals surface area contributed by atoms with Crippen molar-refractivity contribution in [1.29, 1.82) is 5.26 Å². The van der Waals surface area contributed by atoms with Gasteiger partial charge >= 0.3 is 0 Å². The molecule has 4 rings (SSSR count). The molecule has 0 spiro atoms. The number of pyridine rings is 1. The number of H-pyrrole nitrogens is 1. The first-order chi connectivity index (χ1) is 14.1. The predicted molar refractivity (Wildman–Crippen MR) is 109 cm³/mol. The lowest BCUT2D eigenvalue weighted by Gasteiger charge is -2.18. The Bertz CT molecular complexity index is 1140. The van der Waals surface area contributed by atoms with E-state index in [-0.39, 0.29) is 11.5 Å². The molecule has 1 aliphatic carbocycles. The minimum absolute atomic E-state index is 0.0876. The first-order valence-corrected chi connectivity index (χ1v) is 9.43. The second kappa shape index (κ2) is 7.98. The number of aromatic amines is 1. The van der Waals surface area contributed by atoms with Crippen molar-refractivity contribution in [2.24, 2.45) is 0 Å². The third-order valence-corrected chi connectivity index (χ3v) is 4.92. The Hall–Kier alpha value is -3.92. The zero-order valence-electron chi connectivity index (χ0n) is 15.7. The standard InChI is InChI=1S/C22H19N5O2/c23-12-18-13-24-21(25-18)22(28)26-20-9-8-16(17-7-4-10-27(29)14-17)11-19(20)15-5-2-1-3-6-15/h4-5,7-11,13-14H,1-3,6H2,(H,24,25)(H,26,28). The van der Waals surface area contributed by atoms with E-state index in [0.29, 0.717) is 5.69 Å². The van der Waals surface area contributed by atoms with E-state index in [0.717, 1.165) is 47.1 Å². The van der Waals surface area contributed by atoms with Gasteiger partial charge in [-0.25, -0.2) is 4.98 Å². The molecular weight excluding hydrogens is 366 g/mol. The van der Waals surface area contributed by atoms with Crippen LogP contribution in [0.5, 0.6) is 0 Å². The van der Waals surface area contributed by atoms with Crippen molar-refractivity contribution in [3.05, 3.63) is 77.3 Å². The number of allylic oxidation sites excluding steroid dienone is 2. The SMILES string of the molecule is N#Cc1c[nH]c(C(=O)Nc2ccc(-c3ccc[n+]([O-])c3)cc2C2=CCCCC2)n1. The Labute approximate surface area is 167 Å². The van der Waals surface area contributed by atoms with Gasteiger partial charge in [-0.2, -0.15) is 9.99 Å². The Kier molecular flexibility index (Phi) is 5.08. The van der Waals surface area contributed by atoms with E-state index < -0.39 is 5.91 Å². The van der Waals surface area contributed by atoms with Crippen molar-refractivity contribution < 1.29 is 9.52 Å². The summed E-state index contributed by atoms with van der Waals surface area (Å²) in [7, 11) is 0. The maximum atomic E-state index is 12.6. The first-order valence-electron chi connectivity index (χ1n) is 9.43. The third-order valence-electron chi connectivity index (χ3n) is 4.92. The molecule has 7 nitrogen and oxygen atoms in total. The van der Waals surface area contributed by atoms with Gasteiger partial charge in [-0.15, -0.1) is 0 Å². The summed E-state index contributed by atoms with van der Waals surface area (Å²) in [5.74, 6) is -0.321. The molecule has 144 valence electrons. The van der Waals surface area contributed by atoms with Crippen molar-refractivity contribution in [1.82, 2.24) is 9.97 Å². The van der Waals surface area contributed by atoms with E-state index in [1.807, 2.05) is 30.3 Å². The number of hydrogen-bond donors (Lipinski definition) is 2. The Balaban J connectivity index is 1.71. The van der Waals surface area contributed by atoms with Gasteiger partial charge < -0.3 is 15.5 Å². The summed E-state index contributed by atoms with van der Waals surface area (Å²) in [6.07, 6.45) is 10.8. The van der Waals surface area contributed by atoms with Gasteiger partial charge in [0.15, 0.2) is 23.9 Å². The van der Waals surface area contributed by atoms with Crippen LogP contribution in [0.1, 0.15) is 47.6 Å². The zero-order valence-corrected chi connectivity index (χ0v) is 15.7. The van der Waals surface area contributed by atoms with E-state index in [4.69, 9.17) is 5.26 Å². The van der Waals surface area contributed by atoms with Gasteiger partial charge in [-0.3, -0.25) is 4.79 Å². The lowest BCUT2D eigenvalue weighted by molar-refractivity contribution is -0.604. The Morgan fingerprint density at radius 2 is 2.17 bits per heavy atom. The lowest BCUT2D eigenvalue weighted by atomic mass is 9.90. The fourth-order valence-electron chi connectivity index (χ4n) is 3.48. The van der Waals surface area contributed by atoms with Gasteiger partial charge in [0.25, 0.3) is 5.91 Å². The molecule has 0 saturated carbocycles. The number of imidazole rings is 1. The number of hydrogen-bond acceptors (Lipinski definition) is 4. The van der Waals surface area contributed by atoms with Gasteiger partial charge in [0.05, 0.1) is 0 Å². The van der Waals surface area contributed by atoms with Crippen LogP contribution in [0.25, 0.3) is 16.7 Å². The summed E-state index contributed by atoms with van der Waals surface area (Å²) >= 11 is 0. The molecule has 2 aromatic heterocycles. The van der Waals surface area contributed by atoms with Crippen LogP contribution in [0.15, 0.2) is 55.0 Å². The van der Waals surface area contributed by atoms with Crippen molar-refractivity contribution in [2.75, 3.05) is 5.32 Å².